The summed E-state index contributed by atoms with van der Waals surface area (Å²) in [5, 5.41) is 0. The Labute approximate surface area is 99.5 Å². The van der Waals surface area contributed by atoms with E-state index in [4.69, 9.17) is 9.47 Å². The lowest BCUT2D eigenvalue weighted by atomic mass is 10.1. The van der Waals surface area contributed by atoms with Gasteiger partial charge >= 0.3 is 0 Å². The minimum absolute atomic E-state index is 0.0893. The van der Waals surface area contributed by atoms with E-state index in [1.54, 1.807) is 12.1 Å². The molecule has 1 aliphatic heterocycles. The third kappa shape index (κ3) is 3.27. The maximum atomic E-state index is 13.5. The smallest absolute Gasteiger partial charge is 0.199 e. The van der Waals surface area contributed by atoms with Crippen molar-refractivity contribution in [3.05, 3.63) is 29.6 Å². The van der Waals surface area contributed by atoms with Crippen molar-refractivity contribution < 1.29 is 18.7 Å². The Balaban J connectivity index is 2.01. The summed E-state index contributed by atoms with van der Waals surface area (Å²) in [6.45, 7) is 0.691. The molecule has 1 unspecified atom stereocenters. The minimum Gasteiger partial charge on any atom is -0.465 e. The van der Waals surface area contributed by atoms with E-state index in [0.29, 0.717) is 24.2 Å². The SMILES string of the molecule is O=CCc1ccc(OC2CCCCO2)cc1F. The zero-order valence-electron chi connectivity index (χ0n) is 9.52. The van der Waals surface area contributed by atoms with Crippen LogP contribution in [0.25, 0.3) is 0 Å². The normalized spacial score (nSPS) is 19.9. The predicted octanol–water partition coefficient (Wildman–Crippen LogP) is 2.47. The molecule has 3 nitrogen and oxygen atoms in total. The molecule has 1 atom stereocenters. The second-order valence-electron chi connectivity index (χ2n) is 4.04. The number of hydrogen-bond donors (Lipinski definition) is 0. The highest BCUT2D eigenvalue weighted by molar-refractivity contribution is 5.55. The molecule has 1 heterocycles. The van der Waals surface area contributed by atoms with E-state index in [1.807, 2.05) is 0 Å². The van der Waals surface area contributed by atoms with E-state index in [1.165, 1.54) is 6.07 Å². The molecule has 17 heavy (non-hydrogen) atoms. The first-order valence-electron chi connectivity index (χ1n) is 5.80. The second kappa shape index (κ2) is 5.77. The first kappa shape index (κ1) is 12.0. The van der Waals surface area contributed by atoms with Gasteiger partial charge in [0.1, 0.15) is 17.9 Å². The van der Waals surface area contributed by atoms with Gasteiger partial charge in [0, 0.05) is 18.9 Å². The third-order valence-corrected chi connectivity index (χ3v) is 2.73. The fourth-order valence-electron chi connectivity index (χ4n) is 1.81. The maximum Gasteiger partial charge on any atom is 0.199 e. The van der Waals surface area contributed by atoms with Crippen molar-refractivity contribution >= 4 is 6.29 Å². The van der Waals surface area contributed by atoms with Gasteiger partial charge in [0.25, 0.3) is 0 Å². The molecule has 1 aliphatic rings. The van der Waals surface area contributed by atoms with Gasteiger partial charge in [0.05, 0.1) is 6.61 Å². The van der Waals surface area contributed by atoms with Crippen molar-refractivity contribution in [3.8, 4) is 5.75 Å². The highest BCUT2D eigenvalue weighted by Crippen LogP contribution is 2.21. The van der Waals surface area contributed by atoms with Crippen LogP contribution in [0.4, 0.5) is 4.39 Å². The number of aldehydes is 1. The summed E-state index contributed by atoms with van der Waals surface area (Å²) in [4.78, 5) is 10.3. The molecule has 0 aromatic heterocycles. The van der Waals surface area contributed by atoms with E-state index >= 15 is 0 Å². The molecule has 1 aromatic carbocycles. The molecule has 0 N–H and O–H groups in total. The molecule has 0 bridgehead atoms. The van der Waals surface area contributed by atoms with Crippen molar-refractivity contribution in [1.82, 2.24) is 0 Å². The molecular formula is C13H15FO3. The number of ether oxygens (including phenoxy) is 2. The lowest BCUT2D eigenvalue weighted by molar-refractivity contribution is -0.107. The fourth-order valence-corrected chi connectivity index (χ4v) is 1.81. The van der Waals surface area contributed by atoms with Crippen LogP contribution in [-0.4, -0.2) is 19.2 Å². The molecule has 2 rings (SSSR count). The van der Waals surface area contributed by atoms with E-state index in [2.05, 4.69) is 0 Å². The van der Waals surface area contributed by atoms with Crippen LogP contribution in [0.1, 0.15) is 24.8 Å². The van der Waals surface area contributed by atoms with E-state index in [9.17, 15) is 9.18 Å². The van der Waals surface area contributed by atoms with Crippen molar-refractivity contribution in [1.29, 1.82) is 0 Å². The molecule has 0 aliphatic carbocycles. The summed E-state index contributed by atoms with van der Waals surface area (Å²) >= 11 is 0. The average Bonchev–Trinajstić information content (AvgIpc) is 2.34. The Morgan fingerprint density at radius 2 is 2.35 bits per heavy atom. The second-order valence-corrected chi connectivity index (χ2v) is 4.04. The molecule has 0 radical (unpaired) electrons. The molecule has 1 saturated heterocycles. The summed E-state index contributed by atoms with van der Waals surface area (Å²) in [5.41, 5.74) is 0.386. The number of halogens is 1. The van der Waals surface area contributed by atoms with Crippen molar-refractivity contribution in [2.24, 2.45) is 0 Å². The summed E-state index contributed by atoms with van der Waals surface area (Å²) in [5.74, 6) is 0.0365. The number of rotatable bonds is 4. The van der Waals surface area contributed by atoms with Crippen LogP contribution in [0, 0.1) is 5.82 Å². The van der Waals surface area contributed by atoms with Gasteiger partial charge in [0.15, 0.2) is 6.29 Å². The zero-order chi connectivity index (χ0) is 12.1. The molecule has 1 fully saturated rings. The van der Waals surface area contributed by atoms with E-state index in [-0.39, 0.29) is 12.7 Å². The lowest BCUT2D eigenvalue weighted by Crippen LogP contribution is -2.25. The van der Waals surface area contributed by atoms with Crippen LogP contribution >= 0.6 is 0 Å². The number of carbonyl (C=O) groups excluding carboxylic acids is 1. The zero-order valence-corrected chi connectivity index (χ0v) is 9.52. The Bertz CT molecular complexity index is 386. The Morgan fingerprint density at radius 1 is 1.47 bits per heavy atom. The summed E-state index contributed by atoms with van der Waals surface area (Å²) in [6, 6.07) is 4.54. The highest BCUT2D eigenvalue weighted by Gasteiger charge is 2.15. The van der Waals surface area contributed by atoms with Crippen LogP contribution in [0.2, 0.25) is 0 Å². The molecule has 1 aromatic rings. The van der Waals surface area contributed by atoms with Gasteiger partial charge < -0.3 is 14.3 Å². The topological polar surface area (TPSA) is 35.5 Å². The molecule has 0 saturated carbocycles. The number of hydrogen-bond acceptors (Lipinski definition) is 3. The summed E-state index contributed by atoms with van der Waals surface area (Å²) in [7, 11) is 0. The van der Waals surface area contributed by atoms with Gasteiger partial charge in [-0.1, -0.05) is 6.07 Å². The van der Waals surface area contributed by atoms with Crippen molar-refractivity contribution in [3.63, 3.8) is 0 Å². The van der Waals surface area contributed by atoms with E-state index < -0.39 is 5.82 Å². The predicted molar refractivity (Wildman–Crippen MR) is 60.4 cm³/mol. The largest absolute Gasteiger partial charge is 0.465 e. The maximum absolute atomic E-state index is 13.5. The van der Waals surface area contributed by atoms with Crippen LogP contribution in [0.15, 0.2) is 18.2 Å². The van der Waals surface area contributed by atoms with Gasteiger partial charge in [-0.2, -0.15) is 0 Å². The molecule has 92 valence electrons. The van der Waals surface area contributed by atoms with Crippen LogP contribution in [-0.2, 0) is 16.0 Å². The first-order chi connectivity index (χ1) is 8.29. The fraction of sp³-hybridized carbons (Fsp3) is 0.462. The van der Waals surface area contributed by atoms with Crippen LogP contribution in [0.3, 0.4) is 0 Å². The van der Waals surface area contributed by atoms with Crippen molar-refractivity contribution in [2.75, 3.05) is 6.61 Å². The number of benzene rings is 1. The van der Waals surface area contributed by atoms with Gasteiger partial charge in [0.2, 0.25) is 0 Å². The van der Waals surface area contributed by atoms with Gasteiger partial charge in [-0.15, -0.1) is 0 Å². The van der Waals surface area contributed by atoms with Gasteiger partial charge in [-0.05, 0) is 24.5 Å². The van der Waals surface area contributed by atoms with Gasteiger partial charge in [-0.3, -0.25) is 0 Å². The quantitative estimate of drug-likeness (QED) is 0.756. The van der Waals surface area contributed by atoms with Gasteiger partial charge in [-0.25, -0.2) is 4.39 Å². The van der Waals surface area contributed by atoms with Crippen LogP contribution < -0.4 is 4.74 Å². The van der Waals surface area contributed by atoms with E-state index in [0.717, 1.165) is 19.3 Å². The third-order valence-electron chi connectivity index (χ3n) is 2.73. The first-order valence-corrected chi connectivity index (χ1v) is 5.80. The molecule has 0 amide bonds. The standard InChI is InChI=1S/C13H15FO3/c14-12-9-11(5-4-10(12)6-7-15)17-13-3-1-2-8-16-13/h4-5,7,9,13H,1-3,6,8H2. The lowest BCUT2D eigenvalue weighted by Gasteiger charge is -2.23. The average molecular weight is 238 g/mol. The highest BCUT2D eigenvalue weighted by atomic mass is 19.1. The summed E-state index contributed by atoms with van der Waals surface area (Å²) < 4.78 is 24.4. The number of carbonyl (C=O) groups is 1. The summed E-state index contributed by atoms with van der Waals surface area (Å²) in [6.07, 6.45) is 3.44. The Morgan fingerprint density at radius 3 is 3.00 bits per heavy atom. The van der Waals surface area contributed by atoms with Crippen LogP contribution in [0.5, 0.6) is 5.75 Å². The van der Waals surface area contributed by atoms with Crippen molar-refractivity contribution in [2.45, 2.75) is 32.0 Å². The molecule has 0 spiro atoms. The Hall–Kier alpha value is -1.42. The molecule has 4 heteroatoms. The Kier molecular flexibility index (Phi) is 4.09. The minimum atomic E-state index is -0.412. The monoisotopic (exact) mass is 238 g/mol. The molecular weight excluding hydrogens is 223 g/mol.